The molecule has 2 atom stereocenters. The minimum atomic E-state index is -0.802. The molecule has 1 aliphatic rings. The van der Waals surface area contributed by atoms with Crippen molar-refractivity contribution in [1.82, 2.24) is 5.32 Å². The molecule has 2 N–H and O–H groups in total. The topological polar surface area (TPSA) is 67.4 Å². The minimum absolute atomic E-state index is 0.00541. The maximum atomic E-state index is 12.4. The first-order valence-electron chi connectivity index (χ1n) is 8.55. The monoisotopic (exact) mass is 338 g/mol. The number of carbonyl (C=O) groups is 2. The smallest absolute Gasteiger partial charge is 0.266 e. The number of benzene rings is 2. The Morgan fingerprint density at radius 3 is 2.64 bits per heavy atom. The summed E-state index contributed by atoms with van der Waals surface area (Å²) in [5, 5.41) is 5.79. The van der Waals surface area contributed by atoms with Crippen LogP contribution in [0.2, 0.25) is 0 Å². The molecule has 0 spiro atoms. The second-order valence-electron chi connectivity index (χ2n) is 6.16. The van der Waals surface area contributed by atoms with E-state index in [0.29, 0.717) is 11.4 Å². The number of rotatable bonds is 6. The average molecular weight is 338 g/mol. The van der Waals surface area contributed by atoms with Gasteiger partial charge in [0, 0.05) is 6.04 Å². The lowest BCUT2D eigenvalue weighted by Crippen LogP contribution is -2.43. The first kappa shape index (κ1) is 17.0. The molecule has 0 unspecified atom stereocenters. The third kappa shape index (κ3) is 4.38. The summed E-state index contributed by atoms with van der Waals surface area (Å²) in [6.07, 6.45) is 0.792. The van der Waals surface area contributed by atoms with Crippen LogP contribution in [0.15, 0.2) is 54.6 Å². The molecule has 0 radical (unpaired) electrons. The van der Waals surface area contributed by atoms with E-state index >= 15 is 0 Å². The number of hydrogen-bond donors (Lipinski definition) is 2. The Kier molecular flexibility index (Phi) is 5.33. The fourth-order valence-electron chi connectivity index (χ4n) is 2.88. The van der Waals surface area contributed by atoms with Gasteiger partial charge in [0.05, 0.1) is 12.1 Å². The van der Waals surface area contributed by atoms with Crippen LogP contribution in [0.1, 0.15) is 25.3 Å². The normalized spacial score (nSPS) is 17.0. The standard InChI is InChI=1S/C20H22N2O3/c1-2-15(12-14-8-4-3-5-9-14)21-19(23)13-18-20(24)22-16-10-6-7-11-17(16)25-18/h3-11,15,18H,2,12-13H2,1H3,(H,21,23)(H,22,24)/t15-,18-/m0/s1. The molecule has 2 amide bonds. The van der Waals surface area contributed by atoms with E-state index in [-0.39, 0.29) is 24.3 Å². The van der Waals surface area contributed by atoms with E-state index < -0.39 is 6.10 Å². The van der Waals surface area contributed by atoms with Crippen LogP contribution >= 0.6 is 0 Å². The molecule has 0 saturated heterocycles. The van der Waals surface area contributed by atoms with Gasteiger partial charge in [-0.3, -0.25) is 9.59 Å². The zero-order chi connectivity index (χ0) is 17.6. The minimum Gasteiger partial charge on any atom is -0.478 e. The molecular formula is C20H22N2O3. The van der Waals surface area contributed by atoms with Gasteiger partial charge < -0.3 is 15.4 Å². The van der Waals surface area contributed by atoms with Crippen LogP contribution in [0.4, 0.5) is 5.69 Å². The molecular weight excluding hydrogens is 316 g/mol. The molecule has 0 saturated carbocycles. The van der Waals surface area contributed by atoms with Gasteiger partial charge in [-0.1, -0.05) is 49.4 Å². The molecule has 5 heteroatoms. The summed E-state index contributed by atoms with van der Waals surface area (Å²) in [5.41, 5.74) is 1.81. The Hall–Kier alpha value is -2.82. The Bertz CT molecular complexity index is 746. The van der Waals surface area contributed by atoms with Crippen LogP contribution < -0.4 is 15.4 Å². The van der Waals surface area contributed by atoms with E-state index in [1.54, 1.807) is 12.1 Å². The van der Waals surface area contributed by atoms with Gasteiger partial charge in [0.25, 0.3) is 5.91 Å². The van der Waals surface area contributed by atoms with Gasteiger partial charge >= 0.3 is 0 Å². The Labute approximate surface area is 147 Å². The molecule has 1 heterocycles. The number of fused-ring (bicyclic) bond motifs is 1. The fourth-order valence-corrected chi connectivity index (χ4v) is 2.88. The summed E-state index contributed by atoms with van der Waals surface area (Å²) in [6, 6.07) is 17.3. The largest absolute Gasteiger partial charge is 0.478 e. The molecule has 0 bridgehead atoms. The number of para-hydroxylation sites is 2. The third-order valence-electron chi connectivity index (χ3n) is 4.26. The highest BCUT2D eigenvalue weighted by molar-refractivity contribution is 5.99. The number of anilines is 1. The van der Waals surface area contributed by atoms with Gasteiger partial charge in [-0.15, -0.1) is 0 Å². The van der Waals surface area contributed by atoms with Gasteiger partial charge in [-0.2, -0.15) is 0 Å². The van der Waals surface area contributed by atoms with Gasteiger partial charge in [0.2, 0.25) is 5.91 Å². The quantitative estimate of drug-likeness (QED) is 0.851. The van der Waals surface area contributed by atoms with Crippen molar-refractivity contribution in [3.63, 3.8) is 0 Å². The highest BCUT2D eigenvalue weighted by atomic mass is 16.5. The lowest BCUT2D eigenvalue weighted by Gasteiger charge is -2.26. The fraction of sp³-hybridized carbons (Fsp3) is 0.300. The number of amides is 2. The Balaban J connectivity index is 1.57. The van der Waals surface area contributed by atoms with E-state index in [9.17, 15) is 9.59 Å². The molecule has 2 aromatic carbocycles. The maximum absolute atomic E-state index is 12.4. The molecule has 0 fully saturated rings. The van der Waals surface area contributed by atoms with Crippen LogP contribution in [0.3, 0.4) is 0 Å². The van der Waals surface area contributed by atoms with Gasteiger partial charge in [0.15, 0.2) is 6.10 Å². The second-order valence-corrected chi connectivity index (χ2v) is 6.16. The highest BCUT2D eigenvalue weighted by Crippen LogP contribution is 2.29. The molecule has 3 rings (SSSR count). The zero-order valence-electron chi connectivity index (χ0n) is 14.2. The van der Waals surface area contributed by atoms with Crippen molar-refractivity contribution in [2.75, 3.05) is 5.32 Å². The molecule has 0 aliphatic carbocycles. The van der Waals surface area contributed by atoms with E-state index in [0.717, 1.165) is 12.8 Å². The van der Waals surface area contributed by atoms with Crippen LogP contribution in [0.25, 0.3) is 0 Å². The van der Waals surface area contributed by atoms with Crippen LogP contribution in [0.5, 0.6) is 5.75 Å². The van der Waals surface area contributed by atoms with Gasteiger partial charge in [-0.25, -0.2) is 0 Å². The number of hydrogen-bond acceptors (Lipinski definition) is 3. The first-order chi connectivity index (χ1) is 12.2. The van der Waals surface area contributed by atoms with E-state index in [4.69, 9.17) is 4.74 Å². The molecule has 0 aromatic heterocycles. The second kappa shape index (κ2) is 7.83. The SMILES string of the molecule is CC[C@@H](Cc1ccccc1)NC(=O)C[C@@H]1Oc2ccccc2NC1=O. The molecule has 130 valence electrons. The summed E-state index contributed by atoms with van der Waals surface area (Å²) in [6.45, 7) is 2.04. The highest BCUT2D eigenvalue weighted by Gasteiger charge is 2.29. The summed E-state index contributed by atoms with van der Waals surface area (Å²) in [5.74, 6) is 0.128. The van der Waals surface area contributed by atoms with Crippen molar-refractivity contribution in [3.05, 3.63) is 60.2 Å². The Morgan fingerprint density at radius 1 is 1.16 bits per heavy atom. The summed E-state index contributed by atoms with van der Waals surface area (Å²) in [7, 11) is 0. The van der Waals surface area contributed by atoms with Crippen LogP contribution in [-0.4, -0.2) is 24.0 Å². The van der Waals surface area contributed by atoms with Crippen LogP contribution in [-0.2, 0) is 16.0 Å². The lowest BCUT2D eigenvalue weighted by molar-refractivity contribution is -0.130. The number of carbonyl (C=O) groups excluding carboxylic acids is 2. The average Bonchev–Trinajstić information content (AvgIpc) is 2.62. The van der Waals surface area contributed by atoms with Crippen molar-refractivity contribution in [3.8, 4) is 5.75 Å². The van der Waals surface area contributed by atoms with Crippen molar-refractivity contribution in [2.45, 2.75) is 38.3 Å². The number of nitrogens with one attached hydrogen (secondary N) is 2. The van der Waals surface area contributed by atoms with E-state index in [2.05, 4.69) is 10.6 Å². The summed E-state index contributed by atoms with van der Waals surface area (Å²) in [4.78, 5) is 24.5. The molecule has 2 aromatic rings. The predicted molar refractivity (Wildman–Crippen MR) is 96.5 cm³/mol. The van der Waals surface area contributed by atoms with E-state index in [1.165, 1.54) is 5.56 Å². The van der Waals surface area contributed by atoms with Gasteiger partial charge in [-0.05, 0) is 30.5 Å². The van der Waals surface area contributed by atoms with Crippen molar-refractivity contribution in [1.29, 1.82) is 0 Å². The Morgan fingerprint density at radius 2 is 1.88 bits per heavy atom. The van der Waals surface area contributed by atoms with Crippen molar-refractivity contribution in [2.24, 2.45) is 0 Å². The molecule has 5 nitrogen and oxygen atoms in total. The summed E-state index contributed by atoms with van der Waals surface area (Å²) >= 11 is 0. The number of ether oxygens (including phenoxy) is 1. The van der Waals surface area contributed by atoms with Crippen molar-refractivity contribution >= 4 is 17.5 Å². The third-order valence-corrected chi connectivity index (χ3v) is 4.26. The predicted octanol–water partition coefficient (Wildman–Crippen LogP) is 2.91. The van der Waals surface area contributed by atoms with Crippen molar-refractivity contribution < 1.29 is 14.3 Å². The van der Waals surface area contributed by atoms with E-state index in [1.807, 2.05) is 49.4 Å². The van der Waals surface area contributed by atoms with Crippen LogP contribution in [0, 0.1) is 0 Å². The summed E-state index contributed by atoms with van der Waals surface area (Å²) < 4.78 is 5.68. The molecule has 25 heavy (non-hydrogen) atoms. The molecule has 1 aliphatic heterocycles. The first-order valence-corrected chi connectivity index (χ1v) is 8.55. The maximum Gasteiger partial charge on any atom is 0.266 e. The van der Waals surface area contributed by atoms with Gasteiger partial charge in [0.1, 0.15) is 5.75 Å². The zero-order valence-corrected chi connectivity index (χ0v) is 14.2. The lowest BCUT2D eigenvalue weighted by atomic mass is 10.0.